The van der Waals surface area contributed by atoms with Crippen molar-refractivity contribution in [2.75, 3.05) is 51.4 Å². The SMILES string of the molecule is CCC1(N2CCN(c3nncc4ccc(OC)cc34)CC2)COC1. The Hall–Kier alpha value is -1.92. The second kappa shape index (κ2) is 6.18. The molecule has 2 aliphatic rings. The first-order valence-electron chi connectivity index (χ1n) is 8.63. The van der Waals surface area contributed by atoms with Crippen LogP contribution in [-0.2, 0) is 4.74 Å². The second-order valence-corrected chi connectivity index (χ2v) is 6.67. The number of ether oxygens (including phenoxy) is 2. The molecule has 2 aliphatic heterocycles. The zero-order chi connectivity index (χ0) is 16.6. The lowest BCUT2D eigenvalue weighted by Crippen LogP contribution is -2.66. The topological polar surface area (TPSA) is 50.7 Å². The molecule has 0 atom stereocenters. The third-order valence-electron chi connectivity index (χ3n) is 5.50. The van der Waals surface area contributed by atoms with Crippen molar-refractivity contribution in [3.63, 3.8) is 0 Å². The number of piperazine rings is 1. The van der Waals surface area contributed by atoms with E-state index in [0.29, 0.717) is 0 Å². The van der Waals surface area contributed by atoms with Crippen LogP contribution in [-0.4, -0.2) is 67.1 Å². The molecule has 0 bridgehead atoms. The Bertz CT molecular complexity index is 719. The van der Waals surface area contributed by atoms with Gasteiger partial charge in [0.1, 0.15) is 5.75 Å². The van der Waals surface area contributed by atoms with Gasteiger partial charge in [-0.05, 0) is 24.6 Å². The molecule has 1 aromatic heterocycles. The Balaban J connectivity index is 1.56. The molecule has 0 spiro atoms. The fraction of sp³-hybridized carbons (Fsp3) is 0.556. The first-order valence-corrected chi connectivity index (χ1v) is 8.63. The van der Waals surface area contributed by atoms with Crippen molar-refractivity contribution < 1.29 is 9.47 Å². The molecule has 6 heteroatoms. The molecule has 6 nitrogen and oxygen atoms in total. The largest absolute Gasteiger partial charge is 0.497 e. The molecule has 2 aromatic rings. The van der Waals surface area contributed by atoms with Crippen LogP contribution in [0.5, 0.6) is 5.75 Å². The third-order valence-corrected chi connectivity index (χ3v) is 5.50. The molecule has 1 aromatic carbocycles. The standard InChI is InChI=1S/C18H24N4O2/c1-3-18(12-24-13-18)22-8-6-21(7-9-22)17-16-10-15(23-2)5-4-14(16)11-19-20-17/h4-5,10-11H,3,6-9,12-13H2,1-2H3. The van der Waals surface area contributed by atoms with E-state index < -0.39 is 0 Å². The molecule has 3 heterocycles. The summed E-state index contributed by atoms with van der Waals surface area (Å²) in [5, 5.41) is 10.8. The lowest BCUT2D eigenvalue weighted by Gasteiger charge is -2.52. The first-order chi connectivity index (χ1) is 11.8. The van der Waals surface area contributed by atoms with Crippen LogP contribution in [0.25, 0.3) is 10.8 Å². The Morgan fingerprint density at radius 1 is 1.21 bits per heavy atom. The van der Waals surface area contributed by atoms with Gasteiger partial charge in [-0.3, -0.25) is 4.90 Å². The molecule has 4 rings (SSSR count). The highest BCUT2D eigenvalue weighted by Crippen LogP contribution is 2.32. The highest BCUT2D eigenvalue weighted by molar-refractivity contribution is 5.92. The van der Waals surface area contributed by atoms with Gasteiger partial charge >= 0.3 is 0 Å². The molecule has 0 N–H and O–H groups in total. The third kappa shape index (κ3) is 2.50. The summed E-state index contributed by atoms with van der Waals surface area (Å²) in [6.07, 6.45) is 2.96. The number of benzene rings is 1. The van der Waals surface area contributed by atoms with Crippen molar-refractivity contribution in [2.24, 2.45) is 0 Å². The van der Waals surface area contributed by atoms with Crippen molar-refractivity contribution >= 4 is 16.6 Å². The normalized spacial score (nSPS) is 20.8. The van der Waals surface area contributed by atoms with Gasteiger partial charge in [0.05, 0.1) is 32.1 Å². The molecule has 24 heavy (non-hydrogen) atoms. The average Bonchev–Trinajstić information content (AvgIpc) is 2.61. The van der Waals surface area contributed by atoms with E-state index in [2.05, 4.69) is 33.0 Å². The fourth-order valence-corrected chi connectivity index (χ4v) is 3.74. The highest BCUT2D eigenvalue weighted by Gasteiger charge is 2.43. The molecule has 2 fully saturated rings. The van der Waals surface area contributed by atoms with Crippen LogP contribution in [0.1, 0.15) is 13.3 Å². The van der Waals surface area contributed by atoms with E-state index in [1.807, 2.05) is 18.3 Å². The number of aromatic nitrogens is 2. The number of nitrogens with zero attached hydrogens (tertiary/aromatic N) is 4. The van der Waals surface area contributed by atoms with Crippen LogP contribution in [0.4, 0.5) is 5.82 Å². The van der Waals surface area contributed by atoms with E-state index in [1.54, 1.807) is 7.11 Å². The van der Waals surface area contributed by atoms with Gasteiger partial charge in [-0.1, -0.05) is 6.92 Å². The summed E-state index contributed by atoms with van der Waals surface area (Å²) < 4.78 is 10.9. The van der Waals surface area contributed by atoms with Crippen LogP contribution >= 0.6 is 0 Å². The van der Waals surface area contributed by atoms with Gasteiger partial charge in [0.25, 0.3) is 0 Å². The number of methoxy groups -OCH3 is 1. The van der Waals surface area contributed by atoms with Gasteiger partial charge in [0.2, 0.25) is 0 Å². The van der Waals surface area contributed by atoms with Crippen molar-refractivity contribution in [1.29, 1.82) is 0 Å². The molecule has 0 amide bonds. The molecular formula is C18H24N4O2. The molecule has 128 valence electrons. The van der Waals surface area contributed by atoms with Crippen molar-refractivity contribution in [1.82, 2.24) is 15.1 Å². The molecule has 0 aliphatic carbocycles. The predicted octanol–water partition coefficient (Wildman–Crippen LogP) is 1.94. The first kappa shape index (κ1) is 15.6. The number of hydrogen-bond acceptors (Lipinski definition) is 6. The van der Waals surface area contributed by atoms with Gasteiger partial charge in [-0.2, -0.15) is 5.10 Å². The van der Waals surface area contributed by atoms with Gasteiger partial charge in [0, 0.05) is 37.0 Å². The molecule has 0 unspecified atom stereocenters. The Morgan fingerprint density at radius 2 is 2.00 bits per heavy atom. The summed E-state index contributed by atoms with van der Waals surface area (Å²) in [5.41, 5.74) is 0.264. The number of hydrogen-bond donors (Lipinski definition) is 0. The lowest BCUT2D eigenvalue weighted by atomic mass is 9.91. The van der Waals surface area contributed by atoms with E-state index in [9.17, 15) is 0 Å². The van der Waals surface area contributed by atoms with Crippen molar-refractivity contribution in [2.45, 2.75) is 18.9 Å². The predicted molar refractivity (Wildman–Crippen MR) is 93.7 cm³/mol. The summed E-state index contributed by atoms with van der Waals surface area (Å²) in [5.74, 6) is 1.81. The van der Waals surface area contributed by atoms with Crippen LogP contribution in [0.15, 0.2) is 24.4 Å². The maximum atomic E-state index is 5.49. The van der Waals surface area contributed by atoms with E-state index in [1.165, 1.54) is 0 Å². The average molecular weight is 328 g/mol. The number of fused-ring (bicyclic) bond motifs is 1. The minimum Gasteiger partial charge on any atom is -0.497 e. The van der Waals surface area contributed by atoms with Gasteiger partial charge in [0.15, 0.2) is 5.82 Å². The van der Waals surface area contributed by atoms with Crippen LogP contribution in [0, 0.1) is 0 Å². The highest BCUT2D eigenvalue weighted by atomic mass is 16.5. The molecule has 2 saturated heterocycles. The maximum absolute atomic E-state index is 5.49. The summed E-state index contributed by atoms with van der Waals surface area (Å²) in [4.78, 5) is 4.93. The smallest absolute Gasteiger partial charge is 0.159 e. The Labute approximate surface area is 142 Å². The quantitative estimate of drug-likeness (QED) is 0.855. The fourth-order valence-electron chi connectivity index (χ4n) is 3.74. The molecule has 0 radical (unpaired) electrons. The zero-order valence-electron chi connectivity index (χ0n) is 14.4. The monoisotopic (exact) mass is 328 g/mol. The van der Waals surface area contributed by atoms with Gasteiger partial charge in [-0.15, -0.1) is 5.10 Å². The molecule has 0 saturated carbocycles. The summed E-state index contributed by atoms with van der Waals surface area (Å²) in [6.45, 7) is 8.01. The Morgan fingerprint density at radius 3 is 2.62 bits per heavy atom. The van der Waals surface area contributed by atoms with E-state index in [0.717, 1.165) is 68.2 Å². The minimum absolute atomic E-state index is 0.264. The van der Waals surface area contributed by atoms with E-state index in [-0.39, 0.29) is 5.54 Å². The Kier molecular flexibility index (Phi) is 4.02. The molecular weight excluding hydrogens is 304 g/mol. The zero-order valence-corrected chi connectivity index (χ0v) is 14.4. The van der Waals surface area contributed by atoms with Gasteiger partial charge < -0.3 is 14.4 Å². The van der Waals surface area contributed by atoms with E-state index in [4.69, 9.17) is 9.47 Å². The maximum Gasteiger partial charge on any atom is 0.159 e. The second-order valence-electron chi connectivity index (χ2n) is 6.67. The minimum atomic E-state index is 0.264. The van der Waals surface area contributed by atoms with Crippen LogP contribution < -0.4 is 9.64 Å². The number of anilines is 1. The summed E-state index contributed by atoms with van der Waals surface area (Å²) >= 11 is 0. The van der Waals surface area contributed by atoms with Crippen LogP contribution in [0.2, 0.25) is 0 Å². The van der Waals surface area contributed by atoms with E-state index >= 15 is 0 Å². The van der Waals surface area contributed by atoms with Crippen LogP contribution in [0.3, 0.4) is 0 Å². The summed E-state index contributed by atoms with van der Waals surface area (Å²) in [7, 11) is 1.69. The number of rotatable bonds is 4. The van der Waals surface area contributed by atoms with Crippen molar-refractivity contribution in [3.05, 3.63) is 24.4 Å². The van der Waals surface area contributed by atoms with Crippen molar-refractivity contribution in [3.8, 4) is 5.75 Å². The summed E-state index contributed by atoms with van der Waals surface area (Å²) in [6, 6.07) is 6.06. The van der Waals surface area contributed by atoms with Gasteiger partial charge in [-0.25, -0.2) is 0 Å². The lowest BCUT2D eigenvalue weighted by molar-refractivity contribution is -0.143.